The summed E-state index contributed by atoms with van der Waals surface area (Å²) in [4.78, 5) is 21.7. The van der Waals surface area contributed by atoms with Crippen LogP contribution in [-0.4, -0.2) is 21.6 Å². The molecule has 0 fully saturated rings. The zero-order valence-electron chi connectivity index (χ0n) is 8.88. The highest BCUT2D eigenvalue weighted by Gasteiger charge is 2.16. The number of nitrogens with two attached hydrogens (primary N) is 1. The minimum atomic E-state index is -0.570. The molecule has 9 heteroatoms. The van der Waals surface area contributed by atoms with Crippen molar-refractivity contribution in [3.05, 3.63) is 38.3 Å². The maximum atomic E-state index is 11.6. The van der Waals surface area contributed by atoms with Crippen molar-refractivity contribution < 1.29 is 9.72 Å². The van der Waals surface area contributed by atoms with E-state index in [0.29, 0.717) is 4.47 Å². The number of hydrogen-bond acceptors (Lipinski definition) is 5. The Hall–Kier alpha value is -0.930. The van der Waals surface area contributed by atoms with Crippen molar-refractivity contribution in [2.45, 2.75) is 0 Å². The van der Waals surface area contributed by atoms with Crippen LogP contribution in [-0.2, 0) is 0 Å². The van der Waals surface area contributed by atoms with Gasteiger partial charge in [0, 0.05) is 11.6 Å². The lowest BCUT2D eigenvalue weighted by Gasteiger charge is -2.01. The molecule has 0 saturated carbocycles. The normalized spacial score (nSPS) is 9.39. The number of benzene rings is 1. The first-order chi connectivity index (χ1) is 7.91. The first kappa shape index (κ1) is 17.1. The minimum Gasteiger partial charge on any atom is -0.379 e. The van der Waals surface area contributed by atoms with Gasteiger partial charge < -0.3 is 5.73 Å². The first-order valence-corrected chi connectivity index (χ1v) is 6.13. The van der Waals surface area contributed by atoms with Crippen molar-refractivity contribution in [3.8, 4) is 0 Å². The second-order valence-electron chi connectivity index (χ2n) is 3.00. The molecule has 1 aromatic rings. The van der Waals surface area contributed by atoms with Crippen LogP contribution in [0.15, 0.2) is 22.7 Å². The molecule has 0 spiro atoms. The molecular formula is C9H9Br2N3O3S. The molecule has 0 radical (unpaired) electrons. The van der Waals surface area contributed by atoms with Crippen molar-refractivity contribution in [1.82, 2.24) is 0 Å². The maximum absolute atomic E-state index is 11.6. The molecule has 0 aromatic heterocycles. The van der Waals surface area contributed by atoms with E-state index in [9.17, 15) is 14.9 Å². The molecule has 0 saturated heterocycles. The van der Waals surface area contributed by atoms with Crippen molar-refractivity contribution in [1.29, 1.82) is 5.41 Å². The van der Waals surface area contributed by atoms with Crippen LogP contribution >= 0.6 is 44.7 Å². The highest BCUT2D eigenvalue weighted by molar-refractivity contribution is 9.10. The monoisotopic (exact) mass is 397 g/mol. The topological polar surface area (TPSA) is 110 Å². The summed E-state index contributed by atoms with van der Waals surface area (Å²) in [6, 6.07) is 4.14. The highest BCUT2D eigenvalue weighted by atomic mass is 79.9. The second-order valence-corrected chi connectivity index (χ2v) is 4.87. The van der Waals surface area contributed by atoms with Gasteiger partial charge in [-0.15, -0.1) is 17.0 Å². The largest absolute Gasteiger partial charge is 0.379 e. The summed E-state index contributed by atoms with van der Waals surface area (Å²) in [5.74, 6) is -0.311. The smallest absolute Gasteiger partial charge is 0.284 e. The molecule has 0 amide bonds. The number of thioether (sulfide) groups is 1. The van der Waals surface area contributed by atoms with Crippen LogP contribution in [0.1, 0.15) is 10.4 Å². The van der Waals surface area contributed by atoms with Crippen LogP contribution in [0, 0.1) is 15.5 Å². The summed E-state index contributed by atoms with van der Waals surface area (Å²) in [5, 5.41) is 17.5. The van der Waals surface area contributed by atoms with Gasteiger partial charge in [0.05, 0.1) is 15.1 Å². The Bertz CT molecular complexity index is 496. The number of nitrogens with one attached hydrogen (secondary N) is 1. The van der Waals surface area contributed by atoms with Crippen LogP contribution in [0.5, 0.6) is 0 Å². The minimum absolute atomic E-state index is 0. The van der Waals surface area contributed by atoms with E-state index < -0.39 is 4.92 Å². The predicted molar refractivity (Wildman–Crippen MR) is 79.8 cm³/mol. The van der Waals surface area contributed by atoms with Gasteiger partial charge in [0.2, 0.25) is 0 Å². The Balaban J connectivity index is 0.00000289. The molecule has 0 aliphatic carbocycles. The molecule has 0 atom stereocenters. The summed E-state index contributed by atoms with van der Waals surface area (Å²) >= 11 is 3.91. The molecule has 18 heavy (non-hydrogen) atoms. The van der Waals surface area contributed by atoms with Crippen molar-refractivity contribution >= 4 is 61.3 Å². The molecule has 98 valence electrons. The van der Waals surface area contributed by atoms with E-state index in [4.69, 9.17) is 11.1 Å². The van der Waals surface area contributed by atoms with E-state index >= 15 is 0 Å². The van der Waals surface area contributed by atoms with E-state index in [1.165, 1.54) is 18.2 Å². The van der Waals surface area contributed by atoms with Gasteiger partial charge in [-0.2, -0.15) is 0 Å². The lowest BCUT2D eigenvalue weighted by Crippen LogP contribution is -2.10. The number of nitrogens with zero attached hydrogens (tertiary/aromatic N) is 1. The number of carbonyl (C=O) groups excluding carboxylic acids is 1. The van der Waals surface area contributed by atoms with Gasteiger partial charge >= 0.3 is 0 Å². The molecule has 0 aliphatic heterocycles. The zero-order chi connectivity index (χ0) is 13.0. The summed E-state index contributed by atoms with van der Waals surface area (Å²) < 4.78 is 0.318. The number of amidine groups is 1. The van der Waals surface area contributed by atoms with Gasteiger partial charge in [-0.25, -0.2) is 0 Å². The number of halogens is 2. The third kappa shape index (κ3) is 4.75. The molecule has 0 unspecified atom stereocenters. The summed E-state index contributed by atoms with van der Waals surface area (Å²) in [6.45, 7) is 0. The second kappa shape index (κ2) is 7.49. The molecule has 3 N–H and O–H groups in total. The van der Waals surface area contributed by atoms with Gasteiger partial charge in [0.1, 0.15) is 0 Å². The highest BCUT2D eigenvalue weighted by Crippen LogP contribution is 2.26. The van der Waals surface area contributed by atoms with Gasteiger partial charge in [0.25, 0.3) is 5.69 Å². The van der Waals surface area contributed by atoms with Crippen LogP contribution in [0.25, 0.3) is 0 Å². The molecule has 0 bridgehead atoms. The molecule has 0 heterocycles. The lowest BCUT2D eigenvalue weighted by atomic mass is 10.1. The first-order valence-electron chi connectivity index (χ1n) is 4.35. The number of nitro benzene ring substituents is 1. The van der Waals surface area contributed by atoms with Crippen LogP contribution in [0.2, 0.25) is 0 Å². The summed E-state index contributed by atoms with van der Waals surface area (Å²) in [6.07, 6.45) is 0. The van der Waals surface area contributed by atoms with Crippen LogP contribution < -0.4 is 5.73 Å². The predicted octanol–water partition coefficient (Wildman–Crippen LogP) is 2.74. The Morgan fingerprint density at radius 2 is 2.17 bits per heavy atom. The Morgan fingerprint density at radius 3 is 2.67 bits per heavy atom. The molecule has 6 nitrogen and oxygen atoms in total. The van der Waals surface area contributed by atoms with Crippen molar-refractivity contribution in [2.75, 3.05) is 5.75 Å². The standard InChI is InChI=1S/C9H8BrN3O3S.BrH/c10-6-2-1-5(3-7(6)13(15)16)8(14)4-17-9(11)12;/h1-3H,4H2,(H3,11,12);1H. The lowest BCUT2D eigenvalue weighted by molar-refractivity contribution is -0.385. The van der Waals surface area contributed by atoms with Gasteiger partial charge in [-0.1, -0.05) is 11.8 Å². The Labute approximate surface area is 126 Å². The van der Waals surface area contributed by atoms with Crippen molar-refractivity contribution in [3.63, 3.8) is 0 Å². The third-order valence-electron chi connectivity index (χ3n) is 1.82. The summed E-state index contributed by atoms with van der Waals surface area (Å²) in [7, 11) is 0. The van der Waals surface area contributed by atoms with Crippen LogP contribution in [0.3, 0.4) is 0 Å². The average Bonchev–Trinajstić information content (AvgIpc) is 2.26. The molecule has 1 aromatic carbocycles. The van der Waals surface area contributed by atoms with Crippen molar-refractivity contribution in [2.24, 2.45) is 5.73 Å². The van der Waals surface area contributed by atoms with Gasteiger partial charge in [0.15, 0.2) is 11.0 Å². The molecular weight excluding hydrogens is 390 g/mol. The zero-order valence-corrected chi connectivity index (χ0v) is 13.0. The Kier molecular flexibility index (Phi) is 7.11. The number of carbonyl (C=O) groups is 1. The Morgan fingerprint density at radius 1 is 1.56 bits per heavy atom. The number of ketones is 1. The van der Waals surface area contributed by atoms with Gasteiger partial charge in [-0.05, 0) is 28.1 Å². The average molecular weight is 399 g/mol. The fourth-order valence-electron chi connectivity index (χ4n) is 1.05. The molecule has 0 aliphatic rings. The van der Waals surface area contributed by atoms with E-state index in [1.807, 2.05) is 0 Å². The summed E-state index contributed by atoms with van der Waals surface area (Å²) in [5.41, 5.74) is 5.17. The number of hydrogen-bond donors (Lipinski definition) is 2. The maximum Gasteiger partial charge on any atom is 0.284 e. The van der Waals surface area contributed by atoms with Gasteiger partial charge in [-0.3, -0.25) is 20.3 Å². The van der Waals surface area contributed by atoms with E-state index in [2.05, 4.69) is 15.9 Å². The number of rotatable bonds is 4. The number of Topliss-reactive ketones (excluding diaryl/α,β-unsaturated/α-hetero) is 1. The van der Waals surface area contributed by atoms with E-state index in [-0.39, 0.29) is 44.9 Å². The van der Waals surface area contributed by atoms with E-state index in [0.717, 1.165) is 11.8 Å². The molecule has 1 rings (SSSR count). The quantitative estimate of drug-likeness (QED) is 0.266. The fourth-order valence-corrected chi connectivity index (χ4v) is 1.90. The van der Waals surface area contributed by atoms with E-state index in [1.54, 1.807) is 0 Å². The van der Waals surface area contributed by atoms with Crippen LogP contribution in [0.4, 0.5) is 5.69 Å². The fraction of sp³-hybridized carbons (Fsp3) is 0.111. The number of nitro groups is 1. The SMILES string of the molecule is Br.N=C(N)SCC(=O)c1ccc(Br)c([N+](=O)[O-])c1. The third-order valence-corrected chi connectivity index (χ3v) is 3.21.